The normalized spacial score (nSPS) is 17.6. The summed E-state index contributed by atoms with van der Waals surface area (Å²) in [6.07, 6.45) is 5.13. The maximum atomic E-state index is 10.5. The highest BCUT2D eigenvalue weighted by molar-refractivity contribution is 5.28. The molecule has 1 aliphatic rings. The van der Waals surface area contributed by atoms with Gasteiger partial charge in [-0.05, 0) is 30.5 Å². The summed E-state index contributed by atoms with van der Waals surface area (Å²) in [7, 11) is 1.70. The van der Waals surface area contributed by atoms with E-state index in [4.69, 9.17) is 9.47 Å². The van der Waals surface area contributed by atoms with Gasteiger partial charge >= 0.3 is 0 Å². The van der Waals surface area contributed by atoms with Gasteiger partial charge < -0.3 is 19.9 Å². The van der Waals surface area contributed by atoms with E-state index in [1.807, 2.05) is 18.2 Å². The Kier molecular flexibility index (Phi) is 6.49. The van der Waals surface area contributed by atoms with Crippen LogP contribution in [0.4, 0.5) is 0 Å². The lowest BCUT2D eigenvalue weighted by Gasteiger charge is -2.31. The van der Waals surface area contributed by atoms with Gasteiger partial charge in [-0.25, -0.2) is 0 Å². The van der Waals surface area contributed by atoms with Gasteiger partial charge in [0.15, 0.2) is 0 Å². The van der Waals surface area contributed by atoms with Crippen LogP contribution in [0.5, 0.6) is 5.75 Å². The Morgan fingerprint density at radius 2 is 2.05 bits per heavy atom. The minimum atomic E-state index is -0.634. The highest BCUT2D eigenvalue weighted by Crippen LogP contribution is 2.28. The molecule has 1 aliphatic carbocycles. The van der Waals surface area contributed by atoms with Crippen molar-refractivity contribution < 1.29 is 14.6 Å². The fraction of sp³-hybridized carbons (Fsp3) is 0.647. The summed E-state index contributed by atoms with van der Waals surface area (Å²) in [5, 5.41) is 13.8. The van der Waals surface area contributed by atoms with E-state index in [-0.39, 0.29) is 0 Å². The van der Waals surface area contributed by atoms with Crippen molar-refractivity contribution >= 4 is 0 Å². The third-order valence-corrected chi connectivity index (χ3v) is 4.00. The van der Waals surface area contributed by atoms with Crippen LogP contribution in [-0.4, -0.2) is 37.6 Å². The average molecular weight is 293 g/mol. The van der Waals surface area contributed by atoms with E-state index in [1.54, 1.807) is 7.11 Å². The zero-order valence-corrected chi connectivity index (χ0v) is 12.9. The zero-order chi connectivity index (χ0) is 15.0. The van der Waals surface area contributed by atoms with Gasteiger partial charge in [0.05, 0.1) is 12.2 Å². The first kappa shape index (κ1) is 16.3. The van der Waals surface area contributed by atoms with Crippen molar-refractivity contribution in [1.29, 1.82) is 0 Å². The molecule has 4 heteroatoms. The van der Waals surface area contributed by atoms with E-state index in [0.29, 0.717) is 13.2 Å². The predicted octanol–water partition coefficient (Wildman–Crippen LogP) is 2.50. The van der Waals surface area contributed by atoms with Gasteiger partial charge in [-0.2, -0.15) is 0 Å². The van der Waals surface area contributed by atoms with Crippen LogP contribution >= 0.6 is 0 Å². The molecular weight excluding hydrogens is 266 g/mol. The third kappa shape index (κ3) is 5.65. The summed E-state index contributed by atoms with van der Waals surface area (Å²) in [5.41, 5.74) is 0.546. The summed E-state index contributed by atoms with van der Waals surface area (Å²) in [5.74, 6) is 0.833. The molecule has 1 saturated carbocycles. The molecule has 21 heavy (non-hydrogen) atoms. The van der Waals surface area contributed by atoms with Crippen LogP contribution in [0.3, 0.4) is 0 Å². The van der Waals surface area contributed by atoms with Crippen LogP contribution in [0.1, 0.15) is 37.7 Å². The van der Waals surface area contributed by atoms with E-state index >= 15 is 0 Å². The van der Waals surface area contributed by atoms with Crippen molar-refractivity contribution in [3.05, 3.63) is 29.8 Å². The summed E-state index contributed by atoms with van der Waals surface area (Å²) in [6, 6.07) is 8.05. The van der Waals surface area contributed by atoms with Gasteiger partial charge in [-0.15, -0.1) is 0 Å². The minimum absolute atomic E-state index is 0.396. The van der Waals surface area contributed by atoms with E-state index in [0.717, 1.165) is 44.5 Å². The second-order valence-electron chi connectivity index (χ2n) is 5.89. The van der Waals surface area contributed by atoms with Crippen molar-refractivity contribution in [2.75, 3.05) is 26.9 Å². The predicted molar refractivity (Wildman–Crippen MR) is 83.6 cm³/mol. The lowest BCUT2D eigenvalue weighted by molar-refractivity contribution is -0.0339. The van der Waals surface area contributed by atoms with E-state index in [1.165, 1.54) is 12.0 Å². The van der Waals surface area contributed by atoms with Gasteiger partial charge in [-0.3, -0.25) is 0 Å². The highest BCUT2D eigenvalue weighted by Gasteiger charge is 2.29. The molecule has 0 atom stereocenters. The van der Waals surface area contributed by atoms with Crippen molar-refractivity contribution in [1.82, 2.24) is 5.32 Å². The van der Waals surface area contributed by atoms with Gasteiger partial charge in [0.1, 0.15) is 12.4 Å². The quantitative estimate of drug-likeness (QED) is 0.723. The van der Waals surface area contributed by atoms with Gasteiger partial charge in [0, 0.05) is 20.2 Å². The Morgan fingerprint density at radius 3 is 2.81 bits per heavy atom. The van der Waals surface area contributed by atoms with Crippen molar-refractivity contribution in [3.8, 4) is 5.75 Å². The van der Waals surface area contributed by atoms with Crippen molar-refractivity contribution in [3.63, 3.8) is 0 Å². The Morgan fingerprint density at radius 1 is 1.24 bits per heavy atom. The van der Waals surface area contributed by atoms with E-state index in [2.05, 4.69) is 11.4 Å². The second kappa shape index (κ2) is 8.37. The summed E-state index contributed by atoms with van der Waals surface area (Å²) < 4.78 is 10.8. The van der Waals surface area contributed by atoms with Crippen LogP contribution in [0, 0.1) is 0 Å². The molecule has 2 rings (SSSR count). The second-order valence-corrected chi connectivity index (χ2v) is 5.89. The Bertz CT molecular complexity index is 416. The molecule has 0 unspecified atom stereocenters. The zero-order valence-electron chi connectivity index (χ0n) is 12.9. The Balaban J connectivity index is 1.80. The van der Waals surface area contributed by atoms with Crippen molar-refractivity contribution in [2.45, 2.75) is 44.2 Å². The Hall–Kier alpha value is -1.10. The molecular formula is C17H27NO3. The number of hydrogen-bond acceptors (Lipinski definition) is 4. The first-order valence-corrected chi connectivity index (χ1v) is 7.86. The largest absolute Gasteiger partial charge is 0.491 e. The van der Waals surface area contributed by atoms with E-state index < -0.39 is 5.60 Å². The maximum absolute atomic E-state index is 10.5. The summed E-state index contributed by atoms with van der Waals surface area (Å²) in [6.45, 7) is 2.74. The smallest absolute Gasteiger partial charge is 0.119 e. The molecule has 0 saturated heterocycles. The molecule has 4 nitrogen and oxygen atoms in total. The molecule has 0 aromatic heterocycles. The molecule has 118 valence electrons. The number of rotatable bonds is 8. The summed E-state index contributed by atoms with van der Waals surface area (Å²) in [4.78, 5) is 0. The fourth-order valence-electron chi connectivity index (χ4n) is 2.72. The van der Waals surface area contributed by atoms with Crippen LogP contribution in [0.2, 0.25) is 0 Å². The molecule has 0 amide bonds. The molecule has 1 aromatic rings. The number of aliphatic hydroxyl groups is 1. The SMILES string of the molecule is COCCNCc1cccc(OCC2(O)CCCCC2)c1. The van der Waals surface area contributed by atoms with E-state index in [9.17, 15) is 5.11 Å². The maximum Gasteiger partial charge on any atom is 0.119 e. The molecule has 0 bridgehead atoms. The highest BCUT2D eigenvalue weighted by atomic mass is 16.5. The lowest BCUT2D eigenvalue weighted by Crippen LogP contribution is -2.37. The van der Waals surface area contributed by atoms with Crippen LogP contribution in [-0.2, 0) is 11.3 Å². The Labute approximate surface area is 127 Å². The number of ether oxygens (including phenoxy) is 2. The first-order chi connectivity index (χ1) is 10.2. The molecule has 1 aromatic carbocycles. The molecule has 1 fully saturated rings. The average Bonchev–Trinajstić information content (AvgIpc) is 2.51. The minimum Gasteiger partial charge on any atom is -0.491 e. The molecule has 0 spiro atoms. The van der Waals surface area contributed by atoms with Crippen LogP contribution < -0.4 is 10.1 Å². The lowest BCUT2D eigenvalue weighted by atomic mass is 9.85. The monoisotopic (exact) mass is 293 g/mol. The summed E-state index contributed by atoms with van der Waals surface area (Å²) >= 11 is 0. The van der Waals surface area contributed by atoms with Crippen molar-refractivity contribution in [2.24, 2.45) is 0 Å². The van der Waals surface area contributed by atoms with Gasteiger partial charge in [-0.1, -0.05) is 31.4 Å². The van der Waals surface area contributed by atoms with Crippen LogP contribution in [0.15, 0.2) is 24.3 Å². The first-order valence-electron chi connectivity index (χ1n) is 7.86. The van der Waals surface area contributed by atoms with Crippen LogP contribution in [0.25, 0.3) is 0 Å². The molecule has 0 heterocycles. The number of nitrogens with one attached hydrogen (secondary N) is 1. The molecule has 0 radical (unpaired) electrons. The van der Waals surface area contributed by atoms with Gasteiger partial charge in [0.2, 0.25) is 0 Å². The molecule has 0 aliphatic heterocycles. The van der Waals surface area contributed by atoms with Gasteiger partial charge in [0.25, 0.3) is 0 Å². The number of hydrogen-bond donors (Lipinski definition) is 2. The topological polar surface area (TPSA) is 50.7 Å². The number of benzene rings is 1. The fourth-order valence-corrected chi connectivity index (χ4v) is 2.72. The molecule has 2 N–H and O–H groups in total. The number of methoxy groups -OCH3 is 1. The standard InChI is InChI=1S/C17H27NO3/c1-20-11-10-18-13-15-6-5-7-16(12-15)21-14-17(19)8-3-2-4-9-17/h5-7,12,18-19H,2-4,8-11,13-14H2,1H3. The third-order valence-electron chi connectivity index (χ3n) is 4.00.